The summed E-state index contributed by atoms with van der Waals surface area (Å²) in [7, 11) is -1.66. The van der Waals surface area contributed by atoms with Crippen LogP contribution in [0.3, 0.4) is 0 Å². The molecule has 0 saturated heterocycles. The minimum absolute atomic E-state index is 0.135. The predicted octanol–water partition coefficient (Wildman–Crippen LogP) is 2.05. The van der Waals surface area contributed by atoms with Gasteiger partial charge in [0.05, 0.1) is 0 Å². The third-order valence-corrected chi connectivity index (χ3v) is 7.81. The molecule has 2 aliphatic rings. The van der Waals surface area contributed by atoms with Gasteiger partial charge in [-0.25, -0.2) is 4.31 Å². The van der Waals surface area contributed by atoms with E-state index in [0.29, 0.717) is 28.1 Å². The van der Waals surface area contributed by atoms with Gasteiger partial charge in [-0.3, -0.25) is 9.59 Å². The number of benzene rings is 3. The lowest BCUT2D eigenvalue weighted by atomic mass is 9.75. The van der Waals surface area contributed by atoms with Crippen LogP contribution in [0.25, 0.3) is 0 Å². The highest BCUT2D eigenvalue weighted by Gasteiger charge is 2.61. The number of carbonyl (C=O) groups excluding carboxylic acids is 2. The first-order valence-electron chi connectivity index (χ1n) is 10.1. The van der Waals surface area contributed by atoms with Gasteiger partial charge in [0, 0.05) is 59.9 Å². The van der Waals surface area contributed by atoms with Crippen LogP contribution < -0.4 is 20.9 Å². The van der Waals surface area contributed by atoms with Gasteiger partial charge < -0.3 is 20.9 Å². The van der Waals surface area contributed by atoms with Gasteiger partial charge in [-0.05, 0) is 30.3 Å². The molecular formula is C23H20N4O6S. The second-order valence-corrected chi connectivity index (χ2v) is 10.1. The van der Waals surface area contributed by atoms with Crippen molar-refractivity contribution in [3.63, 3.8) is 0 Å². The third-order valence-electron chi connectivity index (χ3n) is 5.99. The number of hydrogen-bond acceptors (Lipinski definition) is 8. The van der Waals surface area contributed by atoms with Crippen LogP contribution in [-0.4, -0.2) is 43.5 Å². The minimum Gasteiger partial charge on any atom is -0.456 e. The number of anilines is 2. The van der Waals surface area contributed by atoms with E-state index in [0.717, 1.165) is 8.61 Å². The quantitative estimate of drug-likeness (QED) is 0.426. The van der Waals surface area contributed by atoms with Crippen LogP contribution in [0.2, 0.25) is 0 Å². The van der Waals surface area contributed by atoms with Crippen molar-refractivity contribution in [2.45, 2.75) is 5.54 Å². The van der Waals surface area contributed by atoms with E-state index in [-0.39, 0.29) is 29.3 Å². The number of rotatable bonds is 4. The predicted molar refractivity (Wildman–Crippen MR) is 124 cm³/mol. The molecule has 0 aromatic heterocycles. The van der Waals surface area contributed by atoms with Crippen LogP contribution >= 0.6 is 0 Å². The molecule has 1 spiro atoms. The van der Waals surface area contributed by atoms with Crippen molar-refractivity contribution < 1.29 is 27.5 Å². The molecule has 0 saturated carbocycles. The Hall–Kier alpha value is -4.09. The highest BCUT2D eigenvalue weighted by molar-refractivity contribution is 7.87. The van der Waals surface area contributed by atoms with Crippen molar-refractivity contribution >= 4 is 34.0 Å². The summed E-state index contributed by atoms with van der Waals surface area (Å²) in [5, 5.41) is 0. The fraction of sp³-hybridized carbons (Fsp3) is 0.130. The zero-order valence-corrected chi connectivity index (χ0v) is 19.0. The second-order valence-electron chi connectivity index (χ2n) is 8.10. The van der Waals surface area contributed by atoms with Gasteiger partial charge in [0.1, 0.15) is 22.8 Å². The third kappa shape index (κ3) is 2.74. The van der Waals surface area contributed by atoms with Crippen LogP contribution in [0.15, 0.2) is 54.6 Å². The Bertz CT molecular complexity index is 1430. The number of nitrogens with zero attached hydrogens (tertiary/aromatic N) is 2. The molecule has 2 aliphatic heterocycles. The number of nitrogens with two attached hydrogens (primary N) is 2. The summed E-state index contributed by atoms with van der Waals surface area (Å²) in [6.45, 7) is 0.257. The Kier molecular flexibility index (Phi) is 4.61. The zero-order chi connectivity index (χ0) is 24.4. The van der Waals surface area contributed by atoms with Gasteiger partial charge in [0.15, 0.2) is 0 Å². The highest BCUT2D eigenvalue weighted by atomic mass is 32.2. The number of hydrogen-bond donors (Lipinski definition) is 2. The van der Waals surface area contributed by atoms with Gasteiger partial charge >= 0.3 is 10.2 Å². The van der Waals surface area contributed by atoms with E-state index in [1.54, 1.807) is 36.4 Å². The normalized spacial score (nSPS) is 15.5. The SMILES string of the molecule is CN(C)S(=O)(=O)N1C(=O)c2ccc(OC=O)cc2C12c1ccc(N)cc1Oc1cc(N)ccc12. The Morgan fingerprint density at radius 3 is 2.06 bits per heavy atom. The van der Waals surface area contributed by atoms with Gasteiger partial charge in [0.25, 0.3) is 12.4 Å². The smallest absolute Gasteiger partial charge is 0.307 e. The van der Waals surface area contributed by atoms with E-state index in [2.05, 4.69) is 0 Å². The first kappa shape index (κ1) is 21.7. The number of fused-ring (bicyclic) bond motifs is 6. The molecule has 174 valence electrons. The maximum Gasteiger partial charge on any atom is 0.307 e. The molecule has 11 heteroatoms. The lowest BCUT2D eigenvalue weighted by Crippen LogP contribution is -2.53. The van der Waals surface area contributed by atoms with Gasteiger partial charge in [-0.2, -0.15) is 12.7 Å². The topological polar surface area (TPSA) is 145 Å². The van der Waals surface area contributed by atoms with E-state index >= 15 is 0 Å². The van der Waals surface area contributed by atoms with Crippen molar-refractivity contribution in [2.75, 3.05) is 25.6 Å². The maximum absolute atomic E-state index is 13.8. The Morgan fingerprint density at radius 1 is 0.941 bits per heavy atom. The largest absolute Gasteiger partial charge is 0.456 e. The molecule has 2 heterocycles. The fourth-order valence-electron chi connectivity index (χ4n) is 4.57. The molecule has 0 aliphatic carbocycles. The molecule has 10 nitrogen and oxygen atoms in total. The summed E-state index contributed by atoms with van der Waals surface area (Å²) in [6.07, 6.45) is 0. The average molecular weight is 481 g/mol. The lowest BCUT2D eigenvalue weighted by molar-refractivity contribution is -0.120. The van der Waals surface area contributed by atoms with Crippen molar-refractivity contribution in [1.82, 2.24) is 8.61 Å². The standard InChI is InChI=1S/C23H20N4O6S/c1-26(2)34(30,31)27-22(29)16-6-5-15(32-12-28)11-19(16)23(27)17-7-3-13(24)9-20(17)33-21-10-14(25)4-8-18(21)23/h3-12H,24-25H2,1-2H3. The minimum atomic E-state index is -4.34. The average Bonchev–Trinajstić information content (AvgIpc) is 3.03. The summed E-state index contributed by atoms with van der Waals surface area (Å²) in [4.78, 5) is 24.8. The van der Waals surface area contributed by atoms with Crippen molar-refractivity contribution in [1.29, 1.82) is 0 Å². The maximum atomic E-state index is 13.8. The van der Waals surface area contributed by atoms with Gasteiger partial charge in [-0.1, -0.05) is 12.1 Å². The van der Waals surface area contributed by atoms with E-state index in [1.807, 2.05) is 0 Å². The van der Waals surface area contributed by atoms with E-state index in [4.69, 9.17) is 20.9 Å². The summed E-state index contributed by atoms with van der Waals surface area (Å²) in [5.74, 6) is -0.0712. The van der Waals surface area contributed by atoms with Crippen molar-refractivity contribution in [3.05, 3.63) is 76.9 Å². The lowest BCUT2D eigenvalue weighted by Gasteiger charge is -2.43. The number of nitrogen functional groups attached to an aromatic ring is 2. The molecule has 34 heavy (non-hydrogen) atoms. The fourth-order valence-corrected chi connectivity index (χ4v) is 5.84. The molecule has 0 unspecified atom stereocenters. The Labute approximate surface area is 195 Å². The Morgan fingerprint density at radius 2 is 1.53 bits per heavy atom. The molecule has 1 amide bonds. The van der Waals surface area contributed by atoms with Crippen LogP contribution in [0.1, 0.15) is 27.0 Å². The van der Waals surface area contributed by atoms with Crippen molar-refractivity contribution in [3.8, 4) is 17.2 Å². The van der Waals surface area contributed by atoms with Gasteiger partial charge in [-0.15, -0.1) is 0 Å². The summed E-state index contributed by atoms with van der Waals surface area (Å²) in [5.41, 5.74) is 12.3. The number of amides is 1. The van der Waals surface area contributed by atoms with Crippen LogP contribution in [-0.2, 0) is 20.5 Å². The molecular weight excluding hydrogens is 460 g/mol. The monoisotopic (exact) mass is 480 g/mol. The van der Waals surface area contributed by atoms with Crippen molar-refractivity contribution in [2.24, 2.45) is 0 Å². The molecule has 0 fully saturated rings. The summed E-state index contributed by atoms with van der Waals surface area (Å²) >= 11 is 0. The second kappa shape index (κ2) is 7.20. The first-order valence-corrected chi connectivity index (χ1v) is 11.5. The van der Waals surface area contributed by atoms with Crippen LogP contribution in [0.4, 0.5) is 11.4 Å². The molecule has 3 aromatic rings. The summed E-state index contributed by atoms with van der Waals surface area (Å²) < 4.78 is 40.3. The van der Waals surface area contributed by atoms with E-state index in [1.165, 1.54) is 32.3 Å². The highest BCUT2D eigenvalue weighted by Crippen LogP contribution is 2.59. The molecule has 3 aromatic carbocycles. The summed E-state index contributed by atoms with van der Waals surface area (Å²) in [6, 6.07) is 13.9. The van der Waals surface area contributed by atoms with Gasteiger partial charge in [0.2, 0.25) is 0 Å². The van der Waals surface area contributed by atoms with Crippen LogP contribution in [0, 0.1) is 0 Å². The molecule has 0 radical (unpaired) electrons. The molecule has 4 N–H and O–H groups in total. The first-order chi connectivity index (χ1) is 16.1. The molecule has 5 rings (SSSR count). The number of carbonyl (C=O) groups is 2. The zero-order valence-electron chi connectivity index (χ0n) is 18.2. The van der Waals surface area contributed by atoms with E-state index in [9.17, 15) is 18.0 Å². The molecule has 0 bridgehead atoms. The van der Waals surface area contributed by atoms with E-state index < -0.39 is 21.7 Å². The van der Waals surface area contributed by atoms with Crippen LogP contribution in [0.5, 0.6) is 17.2 Å². The molecule has 0 atom stereocenters. The number of ether oxygens (including phenoxy) is 2. The Balaban J connectivity index is 1.99.